The van der Waals surface area contributed by atoms with Crippen molar-refractivity contribution in [2.75, 3.05) is 25.0 Å². The molecule has 0 atom stereocenters. The molecule has 2 rings (SSSR count). The van der Waals surface area contributed by atoms with Gasteiger partial charge in [-0.3, -0.25) is 14.4 Å². The quantitative estimate of drug-likeness (QED) is 0.686. The van der Waals surface area contributed by atoms with Crippen LogP contribution in [0.5, 0.6) is 0 Å². The smallest absolute Gasteiger partial charge is 0.226 e. The highest BCUT2D eigenvalue weighted by Gasteiger charge is 2.26. The van der Waals surface area contributed by atoms with E-state index in [4.69, 9.17) is 0 Å². The average molecular weight is 438 g/mol. The van der Waals surface area contributed by atoms with Crippen LogP contribution in [-0.2, 0) is 14.4 Å². The molecule has 0 unspecified atom stereocenters. The first kappa shape index (κ1) is 21.4. The second-order valence-electron chi connectivity index (χ2n) is 6.95. The highest BCUT2D eigenvalue weighted by molar-refractivity contribution is 9.10. The van der Waals surface area contributed by atoms with Gasteiger partial charge in [0.15, 0.2) is 0 Å². The Kier molecular flexibility index (Phi) is 8.28. The minimum absolute atomic E-state index is 0.0240. The summed E-state index contributed by atoms with van der Waals surface area (Å²) in [5.74, 6) is -0.0533. The molecule has 0 spiro atoms. The zero-order chi connectivity index (χ0) is 19.8. The molecule has 148 valence electrons. The molecule has 7 heteroatoms. The molecule has 0 aromatic heterocycles. The fraction of sp³-hybridized carbons (Fsp3) is 0.550. The van der Waals surface area contributed by atoms with Crippen molar-refractivity contribution >= 4 is 39.3 Å². The van der Waals surface area contributed by atoms with Crippen LogP contribution in [0.15, 0.2) is 22.7 Å². The first-order valence-corrected chi connectivity index (χ1v) is 10.3. The van der Waals surface area contributed by atoms with E-state index < -0.39 is 0 Å². The lowest BCUT2D eigenvalue weighted by Crippen LogP contribution is -2.43. The third-order valence-electron chi connectivity index (χ3n) is 4.81. The number of amides is 3. The molecule has 0 bridgehead atoms. The molecule has 1 fully saturated rings. The van der Waals surface area contributed by atoms with Gasteiger partial charge in [-0.2, -0.15) is 0 Å². The van der Waals surface area contributed by atoms with Gasteiger partial charge in [-0.25, -0.2) is 0 Å². The van der Waals surface area contributed by atoms with E-state index in [1.807, 2.05) is 36.9 Å². The molecule has 0 radical (unpaired) electrons. The van der Waals surface area contributed by atoms with E-state index in [9.17, 15) is 14.4 Å². The molecule has 6 nitrogen and oxygen atoms in total. The summed E-state index contributed by atoms with van der Waals surface area (Å²) in [5.41, 5.74) is 1.75. The van der Waals surface area contributed by atoms with Crippen molar-refractivity contribution in [1.29, 1.82) is 0 Å². The van der Waals surface area contributed by atoms with Crippen molar-refractivity contribution in [2.45, 2.75) is 46.0 Å². The standard InChI is InChI=1S/C20H28BrN3O3/c1-3-4-19(26)24-11-8-15(9-12-24)20(27)22-10-7-18(25)23-17-13-16(21)6-5-14(17)2/h5-6,13,15H,3-4,7-12H2,1-2H3,(H,22,27)(H,23,25). The molecule has 2 N–H and O–H groups in total. The fourth-order valence-electron chi connectivity index (χ4n) is 3.15. The first-order valence-electron chi connectivity index (χ1n) is 9.52. The van der Waals surface area contributed by atoms with Gasteiger partial charge in [0.25, 0.3) is 0 Å². The number of nitrogens with zero attached hydrogens (tertiary/aromatic N) is 1. The Balaban J connectivity index is 1.69. The Bertz CT molecular complexity index is 685. The van der Waals surface area contributed by atoms with E-state index in [-0.39, 0.29) is 30.1 Å². The summed E-state index contributed by atoms with van der Waals surface area (Å²) < 4.78 is 0.903. The fourth-order valence-corrected chi connectivity index (χ4v) is 3.51. The predicted octanol–water partition coefficient (Wildman–Crippen LogP) is 3.24. The highest BCUT2D eigenvalue weighted by atomic mass is 79.9. The minimum atomic E-state index is -0.128. The van der Waals surface area contributed by atoms with E-state index in [1.165, 1.54) is 0 Å². The Morgan fingerprint density at radius 2 is 1.89 bits per heavy atom. The second kappa shape index (κ2) is 10.4. The number of anilines is 1. The molecule has 0 aliphatic carbocycles. The summed E-state index contributed by atoms with van der Waals surface area (Å²) in [6.45, 7) is 5.51. The topological polar surface area (TPSA) is 78.5 Å². The molecule has 1 aromatic carbocycles. The first-order chi connectivity index (χ1) is 12.9. The molecule has 1 saturated heterocycles. The van der Waals surface area contributed by atoms with E-state index in [0.717, 1.165) is 22.1 Å². The maximum Gasteiger partial charge on any atom is 0.226 e. The number of rotatable bonds is 7. The molecule has 1 aromatic rings. The van der Waals surface area contributed by atoms with E-state index in [2.05, 4.69) is 26.6 Å². The van der Waals surface area contributed by atoms with Crippen LogP contribution in [0.4, 0.5) is 5.69 Å². The van der Waals surface area contributed by atoms with Gasteiger partial charge < -0.3 is 15.5 Å². The molecular formula is C20H28BrN3O3. The van der Waals surface area contributed by atoms with Gasteiger partial charge in [0.2, 0.25) is 17.7 Å². The van der Waals surface area contributed by atoms with Crippen molar-refractivity contribution in [2.24, 2.45) is 5.92 Å². The van der Waals surface area contributed by atoms with Crippen LogP contribution >= 0.6 is 15.9 Å². The molecule has 1 aliphatic heterocycles. The highest BCUT2D eigenvalue weighted by Crippen LogP contribution is 2.21. The monoisotopic (exact) mass is 437 g/mol. The van der Waals surface area contributed by atoms with Crippen LogP contribution < -0.4 is 10.6 Å². The number of piperidine rings is 1. The van der Waals surface area contributed by atoms with Gasteiger partial charge in [-0.05, 0) is 43.9 Å². The Morgan fingerprint density at radius 3 is 2.56 bits per heavy atom. The number of likely N-dealkylation sites (tertiary alicyclic amines) is 1. The zero-order valence-corrected chi connectivity index (χ0v) is 17.6. The Labute approximate surface area is 169 Å². The van der Waals surface area contributed by atoms with E-state index in [1.54, 1.807) is 0 Å². The lowest BCUT2D eigenvalue weighted by Gasteiger charge is -2.31. The summed E-state index contributed by atoms with van der Waals surface area (Å²) >= 11 is 3.39. The lowest BCUT2D eigenvalue weighted by molar-refractivity contribution is -0.135. The number of carbonyl (C=O) groups excluding carboxylic acids is 3. The van der Waals surface area contributed by atoms with Gasteiger partial charge in [0, 0.05) is 48.6 Å². The van der Waals surface area contributed by atoms with Crippen LogP contribution in [0.25, 0.3) is 0 Å². The Morgan fingerprint density at radius 1 is 1.19 bits per heavy atom. The molecule has 0 saturated carbocycles. The molecule has 1 aliphatic rings. The molecular weight excluding hydrogens is 410 g/mol. The van der Waals surface area contributed by atoms with E-state index in [0.29, 0.717) is 38.9 Å². The number of aryl methyl sites for hydroxylation is 1. The van der Waals surface area contributed by atoms with Gasteiger partial charge >= 0.3 is 0 Å². The van der Waals surface area contributed by atoms with Crippen LogP contribution in [0.2, 0.25) is 0 Å². The third-order valence-corrected chi connectivity index (χ3v) is 5.30. The third kappa shape index (κ3) is 6.65. The minimum Gasteiger partial charge on any atom is -0.355 e. The summed E-state index contributed by atoms with van der Waals surface area (Å²) in [5, 5.41) is 5.72. The largest absolute Gasteiger partial charge is 0.355 e. The zero-order valence-electron chi connectivity index (χ0n) is 16.0. The molecule has 27 heavy (non-hydrogen) atoms. The van der Waals surface area contributed by atoms with Crippen LogP contribution in [-0.4, -0.2) is 42.3 Å². The molecule has 3 amide bonds. The van der Waals surface area contributed by atoms with Crippen molar-refractivity contribution in [3.8, 4) is 0 Å². The van der Waals surface area contributed by atoms with Gasteiger partial charge in [-0.1, -0.05) is 28.9 Å². The van der Waals surface area contributed by atoms with Gasteiger partial charge in [0.05, 0.1) is 0 Å². The second-order valence-corrected chi connectivity index (χ2v) is 7.87. The summed E-state index contributed by atoms with van der Waals surface area (Å²) in [6.07, 6.45) is 3.02. The number of benzene rings is 1. The predicted molar refractivity (Wildman–Crippen MR) is 109 cm³/mol. The average Bonchev–Trinajstić information content (AvgIpc) is 2.65. The van der Waals surface area contributed by atoms with Gasteiger partial charge in [-0.15, -0.1) is 0 Å². The number of nitrogens with one attached hydrogen (secondary N) is 2. The summed E-state index contributed by atoms with van der Waals surface area (Å²) in [7, 11) is 0. The van der Waals surface area contributed by atoms with Crippen LogP contribution in [0.1, 0.15) is 44.6 Å². The normalized spacial score (nSPS) is 14.7. The lowest BCUT2D eigenvalue weighted by atomic mass is 9.95. The van der Waals surface area contributed by atoms with Crippen molar-refractivity contribution in [3.63, 3.8) is 0 Å². The number of halogens is 1. The van der Waals surface area contributed by atoms with Crippen LogP contribution in [0.3, 0.4) is 0 Å². The number of hydrogen-bond acceptors (Lipinski definition) is 3. The number of hydrogen-bond donors (Lipinski definition) is 2. The Hall–Kier alpha value is -1.89. The summed E-state index contributed by atoms with van der Waals surface area (Å²) in [4.78, 5) is 38.1. The maximum absolute atomic E-state index is 12.3. The van der Waals surface area contributed by atoms with Crippen LogP contribution in [0, 0.1) is 12.8 Å². The van der Waals surface area contributed by atoms with Crippen molar-refractivity contribution < 1.29 is 14.4 Å². The SMILES string of the molecule is CCCC(=O)N1CCC(C(=O)NCCC(=O)Nc2cc(Br)ccc2C)CC1. The summed E-state index contributed by atoms with van der Waals surface area (Å²) in [6, 6.07) is 5.71. The number of carbonyl (C=O) groups is 3. The van der Waals surface area contributed by atoms with Crippen molar-refractivity contribution in [1.82, 2.24) is 10.2 Å². The van der Waals surface area contributed by atoms with E-state index >= 15 is 0 Å². The maximum atomic E-state index is 12.3. The molecule has 1 heterocycles. The van der Waals surface area contributed by atoms with Gasteiger partial charge in [0.1, 0.15) is 0 Å². The van der Waals surface area contributed by atoms with Crippen molar-refractivity contribution in [3.05, 3.63) is 28.2 Å².